The highest BCUT2D eigenvalue weighted by Crippen LogP contribution is 2.25. The van der Waals surface area contributed by atoms with Gasteiger partial charge in [0.15, 0.2) is 0 Å². The van der Waals surface area contributed by atoms with Crippen LogP contribution in [0.5, 0.6) is 5.75 Å². The van der Waals surface area contributed by atoms with E-state index in [1.807, 2.05) is 19.9 Å². The third kappa shape index (κ3) is 6.25. The molecule has 0 aliphatic carbocycles. The SMILES string of the molecule is CCOC(=O)/C(C)=C\C(C)(C)CC(=O)Oc1ccccc1. The largest absolute Gasteiger partial charge is 0.463 e. The van der Waals surface area contributed by atoms with Crippen LogP contribution in [-0.2, 0) is 14.3 Å². The molecule has 21 heavy (non-hydrogen) atoms. The Hall–Kier alpha value is -2.10. The first-order valence-corrected chi connectivity index (χ1v) is 6.96. The molecule has 1 aromatic carbocycles. The molecule has 1 aromatic rings. The molecule has 1 rings (SSSR count). The minimum Gasteiger partial charge on any atom is -0.463 e. The molecule has 0 N–H and O–H groups in total. The van der Waals surface area contributed by atoms with Gasteiger partial charge >= 0.3 is 11.9 Å². The summed E-state index contributed by atoms with van der Waals surface area (Å²) < 4.78 is 10.2. The molecule has 0 spiro atoms. The summed E-state index contributed by atoms with van der Waals surface area (Å²) in [4.78, 5) is 23.5. The van der Waals surface area contributed by atoms with Gasteiger partial charge in [-0.15, -0.1) is 0 Å². The summed E-state index contributed by atoms with van der Waals surface area (Å²) in [6, 6.07) is 8.92. The fourth-order valence-electron chi connectivity index (χ4n) is 1.97. The van der Waals surface area contributed by atoms with E-state index >= 15 is 0 Å². The number of hydrogen-bond donors (Lipinski definition) is 0. The summed E-state index contributed by atoms with van der Waals surface area (Å²) in [6.07, 6.45) is 1.93. The first-order chi connectivity index (χ1) is 9.84. The molecule has 4 heteroatoms. The minimum atomic E-state index is -0.483. The standard InChI is InChI=1S/C17H22O4/c1-5-20-16(19)13(2)11-17(3,4)12-15(18)21-14-9-7-6-8-10-14/h6-11H,5,12H2,1-4H3/b13-11-. The van der Waals surface area contributed by atoms with Gasteiger partial charge < -0.3 is 9.47 Å². The van der Waals surface area contributed by atoms with E-state index in [0.717, 1.165) is 0 Å². The lowest BCUT2D eigenvalue weighted by Crippen LogP contribution is -2.20. The number of rotatable bonds is 6. The maximum absolute atomic E-state index is 11.9. The van der Waals surface area contributed by atoms with Crippen molar-refractivity contribution in [2.75, 3.05) is 6.61 Å². The normalized spacial score (nSPS) is 11.9. The number of ether oxygens (including phenoxy) is 2. The molecule has 0 amide bonds. The van der Waals surface area contributed by atoms with Gasteiger partial charge in [0.05, 0.1) is 13.0 Å². The van der Waals surface area contributed by atoms with Gasteiger partial charge in [0.1, 0.15) is 5.75 Å². The second-order valence-electron chi connectivity index (χ2n) is 5.50. The van der Waals surface area contributed by atoms with Crippen molar-refractivity contribution in [1.29, 1.82) is 0 Å². The van der Waals surface area contributed by atoms with Gasteiger partial charge in [-0.25, -0.2) is 4.79 Å². The van der Waals surface area contributed by atoms with E-state index in [2.05, 4.69) is 0 Å². The van der Waals surface area contributed by atoms with E-state index in [9.17, 15) is 9.59 Å². The van der Waals surface area contributed by atoms with Crippen LogP contribution in [0.2, 0.25) is 0 Å². The molecular formula is C17H22O4. The van der Waals surface area contributed by atoms with Gasteiger partial charge in [0, 0.05) is 5.57 Å². The Labute approximate surface area is 125 Å². The van der Waals surface area contributed by atoms with Gasteiger partial charge in [-0.3, -0.25) is 4.79 Å². The highest BCUT2D eigenvalue weighted by Gasteiger charge is 2.22. The molecule has 4 nitrogen and oxygen atoms in total. The van der Waals surface area contributed by atoms with E-state index in [1.165, 1.54) is 0 Å². The lowest BCUT2D eigenvalue weighted by atomic mass is 9.87. The number of benzene rings is 1. The first kappa shape index (κ1) is 17.0. The van der Waals surface area contributed by atoms with Crippen LogP contribution in [0.3, 0.4) is 0 Å². The first-order valence-electron chi connectivity index (χ1n) is 6.96. The summed E-state index contributed by atoms with van der Waals surface area (Å²) in [7, 11) is 0. The Balaban J connectivity index is 2.65. The van der Waals surface area contributed by atoms with Crippen LogP contribution in [0.1, 0.15) is 34.1 Å². The lowest BCUT2D eigenvalue weighted by molar-refractivity contribution is -0.139. The fourth-order valence-corrected chi connectivity index (χ4v) is 1.97. The van der Waals surface area contributed by atoms with Crippen molar-refractivity contribution in [3.63, 3.8) is 0 Å². The van der Waals surface area contributed by atoms with Crippen molar-refractivity contribution in [1.82, 2.24) is 0 Å². The summed E-state index contributed by atoms with van der Waals surface area (Å²) in [5, 5.41) is 0. The second kappa shape index (κ2) is 7.62. The Morgan fingerprint density at radius 3 is 2.38 bits per heavy atom. The number of carbonyl (C=O) groups is 2. The third-order valence-corrected chi connectivity index (χ3v) is 2.78. The Bertz CT molecular complexity index is 515. The highest BCUT2D eigenvalue weighted by atomic mass is 16.5. The quantitative estimate of drug-likeness (QED) is 0.457. The summed E-state index contributed by atoms with van der Waals surface area (Å²) in [5.74, 6) is -0.175. The van der Waals surface area contributed by atoms with Crippen molar-refractivity contribution in [2.24, 2.45) is 5.41 Å². The zero-order valence-corrected chi connectivity index (χ0v) is 13.0. The van der Waals surface area contributed by atoms with Crippen LogP contribution in [-0.4, -0.2) is 18.5 Å². The van der Waals surface area contributed by atoms with Crippen molar-refractivity contribution >= 4 is 11.9 Å². The fraction of sp³-hybridized carbons (Fsp3) is 0.412. The molecule has 0 radical (unpaired) electrons. The smallest absolute Gasteiger partial charge is 0.333 e. The average Bonchev–Trinajstić information content (AvgIpc) is 2.38. The number of carbonyl (C=O) groups excluding carboxylic acids is 2. The second-order valence-corrected chi connectivity index (χ2v) is 5.50. The van der Waals surface area contributed by atoms with Gasteiger partial charge in [-0.2, -0.15) is 0 Å². The molecule has 0 fully saturated rings. The maximum Gasteiger partial charge on any atom is 0.333 e. The number of hydrogen-bond acceptors (Lipinski definition) is 4. The molecule has 0 heterocycles. The third-order valence-electron chi connectivity index (χ3n) is 2.78. The van der Waals surface area contributed by atoms with Crippen LogP contribution >= 0.6 is 0 Å². The maximum atomic E-state index is 11.9. The van der Waals surface area contributed by atoms with Gasteiger partial charge in [0.2, 0.25) is 0 Å². The van der Waals surface area contributed by atoms with Crippen molar-refractivity contribution in [3.8, 4) is 5.75 Å². The predicted molar refractivity (Wildman–Crippen MR) is 80.9 cm³/mol. The van der Waals surface area contributed by atoms with Crippen molar-refractivity contribution < 1.29 is 19.1 Å². The van der Waals surface area contributed by atoms with Crippen LogP contribution in [0.15, 0.2) is 42.0 Å². The van der Waals surface area contributed by atoms with Crippen LogP contribution in [0, 0.1) is 5.41 Å². The van der Waals surface area contributed by atoms with Gasteiger partial charge in [-0.05, 0) is 31.4 Å². The van der Waals surface area contributed by atoms with Crippen molar-refractivity contribution in [2.45, 2.75) is 34.1 Å². The van der Waals surface area contributed by atoms with E-state index in [1.54, 1.807) is 44.2 Å². The predicted octanol–water partition coefficient (Wildman–Crippen LogP) is 3.52. The zero-order valence-electron chi connectivity index (χ0n) is 13.0. The van der Waals surface area contributed by atoms with Crippen LogP contribution < -0.4 is 4.74 Å². The molecule has 0 atom stereocenters. The van der Waals surface area contributed by atoms with Crippen LogP contribution in [0.4, 0.5) is 0 Å². The summed E-state index contributed by atoms with van der Waals surface area (Å²) in [5.41, 5.74) is 0.0114. The molecule has 0 unspecified atom stereocenters. The molecule has 0 bridgehead atoms. The molecule has 0 saturated heterocycles. The molecule has 0 aliphatic rings. The molecule has 0 saturated carbocycles. The number of para-hydroxylation sites is 1. The molecular weight excluding hydrogens is 268 g/mol. The van der Waals surface area contributed by atoms with E-state index in [4.69, 9.17) is 9.47 Å². The Morgan fingerprint density at radius 1 is 1.19 bits per heavy atom. The van der Waals surface area contributed by atoms with Gasteiger partial charge in [-0.1, -0.05) is 38.1 Å². The highest BCUT2D eigenvalue weighted by molar-refractivity contribution is 5.88. The van der Waals surface area contributed by atoms with E-state index in [-0.39, 0.29) is 18.4 Å². The molecule has 114 valence electrons. The lowest BCUT2D eigenvalue weighted by Gasteiger charge is -2.20. The number of esters is 2. The van der Waals surface area contributed by atoms with E-state index < -0.39 is 5.41 Å². The van der Waals surface area contributed by atoms with E-state index in [0.29, 0.717) is 17.9 Å². The van der Waals surface area contributed by atoms with Gasteiger partial charge in [0.25, 0.3) is 0 Å². The Morgan fingerprint density at radius 2 is 1.81 bits per heavy atom. The average molecular weight is 290 g/mol. The zero-order chi connectivity index (χ0) is 15.9. The monoisotopic (exact) mass is 290 g/mol. The molecule has 0 aliphatic heterocycles. The summed E-state index contributed by atoms with van der Waals surface area (Å²) in [6.45, 7) is 7.53. The number of allylic oxidation sites excluding steroid dienone is 1. The van der Waals surface area contributed by atoms with Crippen molar-refractivity contribution in [3.05, 3.63) is 42.0 Å². The van der Waals surface area contributed by atoms with Crippen LogP contribution in [0.25, 0.3) is 0 Å². The Kier molecular flexibility index (Phi) is 6.15. The summed E-state index contributed by atoms with van der Waals surface area (Å²) >= 11 is 0. The topological polar surface area (TPSA) is 52.6 Å². The minimum absolute atomic E-state index is 0.179. The molecule has 0 aromatic heterocycles.